The number of hydrogen-bond donors (Lipinski definition) is 1. The topological polar surface area (TPSA) is 15.3 Å². The quantitative estimate of drug-likeness (QED) is 0.912. The van der Waals surface area contributed by atoms with Crippen molar-refractivity contribution in [3.63, 3.8) is 0 Å². The van der Waals surface area contributed by atoms with E-state index in [-0.39, 0.29) is 5.82 Å². The van der Waals surface area contributed by atoms with E-state index in [0.717, 1.165) is 12.8 Å². The molecule has 21 heavy (non-hydrogen) atoms. The zero-order valence-corrected chi connectivity index (χ0v) is 13.2. The van der Waals surface area contributed by atoms with Gasteiger partial charge in [0.15, 0.2) is 0 Å². The Morgan fingerprint density at radius 2 is 1.86 bits per heavy atom. The molecule has 1 heterocycles. The molecular weight excluding hydrogens is 263 g/mol. The lowest BCUT2D eigenvalue weighted by molar-refractivity contribution is 0.144. The molecule has 1 aliphatic carbocycles. The van der Waals surface area contributed by atoms with Gasteiger partial charge in [-0.3, -0.25) is 0 Å². The summed E-state index contributed by atoms with van der Waals surface area (Å²) in [6.07, 6.45) is 4.85. The lowest BCUT2D eigenvalue weighted by atomic mass is 9.75. The number of piperidine rings is 1. The third-order valence-corrected chi connectivity index (χ3v) is 5.19. The first-order valence-corrected chi connectivity index (χ1v) is 8.37. The Kier molecular flexibility index (Phi) is 4.60. The van der Waals surface area contributed by atoms with Crippen LogP contribution in [0.4, 0.5) is 4.39 Å². The fourth-order valence-electron chi connectivity index (χ4n) is 3.70. The summed E-state index contributed by atoms with van der Waals surface area (Å²) in [7, 11) is 0. The zero-order valence-electron chi connectivity index (χ0n) is 13.2. The molecule has 2 nitrogen and oxygen atoms in total. The van der Waals surface area contributed by atoms with Crippen LogP contribution in [-0.2, 0) is 0 Å². The van der Waals surface area contributed by atoms with Gasteiger partial charge in [-0.25, -0.2) is 4.39 Å². The Bertz CT molecular complexity index is 460. The average molecular weight is 290 g/mol. The highest BCUT2D eigenvalue weighted by Gasteiger charge is 2.32. The van der Waals surface area contributed by atoms with Crippen LogP contribution in [-0.4, -0.2) is 36.1 Å². The molecule has 1 aromatic rings. The van der Waals surface area contributed by atoms with E-state index in [1.807, 2.05) is 6.07 Å². The van der Waals surface area contributed by atoms with Crippen LogP contribution in [0.15, 0.2) is 24.3 Å². The summed E-state index contributed by atoms with van der Waals surface area (Å²) in [5.41, 5.74) is 1.17. The largest absolute Gasteiger partial charge is 0.311 e. The second kappa shape index (κ2) is 6.45. The minimum absolute atomic E-state index is 0.107. The minimum Gasteiger partial charge on any atom is -0.311 e. The molecule has 2 aliphatic rings. The molecule has 1 saturated heterocycles. The average Bonchev–Trinajstić information content (AvgIpc) is 2.43. The maximum Gasteiger partial charge on any atom is 0.123 e. The van der Waals surface area contributed by atoms with Crippen LogP contribution >= 0.6 is 0 Å². The van der Waals surface area contributed by atoms with Crippen molar-refractivity contribution in [2.45, 2.75) is 63.6 Å². The smallest absolute Gasteiger partial charge is 0.123 e. The molecule has 116 valence electrons. The van der Waals surface area contributed by atoms with Gasteiger partial charge in [0, 0.05) is 18.1 Å². The molecule has 0 unspecified atom stereocenters. The normalized spacial score (nSPS) is 27.8. The monoisotopic (exact) mass is 290 g/mol. The molecule has 1 aromatic carbocycles. The van der Waals surface area contributed by atoms with Gasteiger partial charge in [0.2, 0.25) is 0 Å². The Morgan fingerprint density at radius 1 is 1.14 bits per heavy atom. The van der Waals surface area contributed by atoms with E-state index in [2.05, 4.69) is 30.1 Å². The molecule has 0 bridgehead atoms. The van der Waals surface area contributed by atoms with Gasteiger partial charge in [-0.2, -0.15) is 0 Å². The lowest BCUT2D eigenvalue weighted by Gasteiger charge is -2.42. The van der Waals surface area contributed by atoms with Crippen molar-refractivity contribution >= 4 is 0 Å². The highest BCUT2D eigenvalue weighted by molar-refractivity contribution is 5.23. The predicted octanol–water partition coefficient (Wildman–Crippen LogP) is 3.53. The summed E-state index contributed by atoms with van der Waals surface area (Å²) in [5, 5.41) is 3.81. The predicted molar refractivity (Wildman–Crippen MR) is 85.0 cm³/mol. The second-order valence-electron chi connectivity index (χ2n) is 6.99. The molecule has 3 heteroatoms. The Balaban J connectivity index is 1.41. The van der Waals surface area contributed by atoms with Gasteiger partial charge in [0.05, 0.1) is 0 Å². The molecule has 1 N–H and O–H groups in total. The van der Waals surface area contributed by atoms with Gasteiger partial charge < -0.3 is 10.2 Å². The van der Waals surface area contributed by atoms with E-state index >= 15 is 0 Å². The second-order valence-corrected chi connectivity index (χ2v) is 6.99. The number of nitrogens with one attached hydrogen (secondary N) is 1. The van der Waals surface area contributed by atoms with Crippen molar-refractivity contribution < 1.29 is 4.39 Å². The first kappa shape index (κ1) is 15.0. The van der Waals surface area contributed by atoms with Crippen LogP contribution < -0.4 is 5.32 Å². The van der Waals surface area contributed by atoms with Crippen LogP contribution in [0, 0.1) is 5.82 Å². The SMILES string of the molecule is CC(C)N1CCC(NC2CC(c3cccc(F)c3)C2)CC1. The maximum absolute atomic E-state index is 13.2. The van der Waals surface area contributed by atoms with Gasteiger partial charge >= 0.3 is 0 Å². The van der Waals surface area contributed by atoms with Crippen molar-refractivity contribution in [1.82, 2.24) is 10.2 Å². The van der Waals surface area contributed by atoms with Gasteiger partial charge in [-0.15, -0.1) is 0 Å². The summed E-state index contributed by atoms with van der Waals surface area (Å²) >= 11 is 0. The van der Waals surface area contributed by atoms with Crippen molar-refractivity contribution in [1.29, 1.82) is 0 Å². The van der Waals surface area contributed by atoms with E-state index < -0.39 is 0 Å². The molecule has 0 atom stereocenters. The number of halogens is 1. The number of benzene rings is 1. The first-order valence-electron chi connectivity index (χ1n) is 8.37. The number of rotatable bonds is 4. The molecule has 0 radical (unpaired) electrons. The summed E-state index contributed by atoms with van der Waals surface area (Å²) in [5.74, 6) is 0.443. The Hall–Kier alpha value is -0.930. The van der Waals surface area contributed by atoms with Gasteiger partial charge in [-0.05, 0) is 76.2 Å². The molecule has 2 fully saturated rings. The van der Waals surface area contributed by atoms with Crippen molar-refractivity contribution in [2.75, 3.05) is 13.1 Å². The summed E-state index contributed by atoms with van der Waals surface area (Å²) < 4.78 is 13.2. The lowest BCUT2D eigenvalue weighted by Crippen LogP contribution is -2.50. The van der Waals surface area contributed by atoms with E-state index in [0.29, 0.717) is 24.0 Å². The fraction of sp³-hybridized carbons (Fsp3) is 0.667. The van der Waals surface area contributed by atoms with E-state index in [4.69, 9.17) is 0 Å². The third-order valence-electron chi connectivity index (χ3n) is 5.19. The van der Waals surface area contributed by atoms with Crippen LogP contribution in [0.1, 0.15) is 51.0 Å². The molecule has 1 saturated carbocycles. The van der Waals surface area contributed by atoms with Crippen molar-refractivity contribution in [2.24, 2.45) is 0 Å². The number of nitrogens with zero attached hydrogens (tertiary/aromatic N) is 1. The highest BCUT2D eigenvalue weighted by atomic mass is 19.1. The molecule has 0 spiro atoms. The van der Waals surface area contributed by atoms with Gasteiger partial charge in [-0.1, -0.05) is 12.1 Å². The molecule has 0 aromatic heterocycles. The molecule has 1 aliphatic heterocycles. The van der Waals surface area contributed by atoms with Crippen LogP contribution in [0.5, 0.6) is 0 Å². The zero-order chi connectivity index (χ0) is 14.8. The number of likely N-dealkylation sites (tertiary alicyclic amines) is 1. The number of hydrogen-bond acceptors (Lipinski definition) is 2. The third kappa shape index (κ3) is 3.64. The minimum atomic E-state index is -0.107. The van der Waals surface area contributed by atoms with Gasteiger partial charge in [0.25, 0.3) is 0 Å². The molecule has 3 rings (SSSR count). The molecule has 0 amide bonds. The van der Waals surface area contributed by atoms with E-state index in [1.54, 1.807) is 6.07 Å². The summed E-state index contributed by atoms with van der Waals surface area (Å²) in [4.78, 5) is 2.56. The van der Waals surface area contributed by atoms with Crippen molar-refractivity contribution in [3.05, 3.63) is 35.6 Å². The Morgan fingerprint density at radius 3 is 2.48 bits per heavy atom. The standard InChI is InChI=1S/C18H27FN2/c1-13(2)21-8-6-17(7-9-21)20-18-11-15(12-18)14-4-3-5-16(19)10-14/h3-5,10,13,15,17-18,20H,6-9,11-12H2,1-2H3. The van der Waals surface area contributed by atoms with Crippen molar-refractivity contribution in [3.8, 4) is 0 Å². The molecular formula is C18H27FN2. The van der Waals surface area contributed by atoms with E-state index in [9.17, 15) is 4.39 Å². The van der Waals surface area contributed by atoms with Gasteiger partial charge in [0.1, 0.15) is 5.82 Å². The maximum atomic E-state index is 13.2. The van der Waals surface area contributed by atoms with Crippen LogP contribution in [0.3, 0.4) is 0 Å². The highest BCUT2D eigenvalue weighted by Crippen LogP contribution is 2.37. The van der Waals surface area contributed by atoms with E-state index in [1.165, 1.54) is 37.6 Å². The van der Waals surface area contributed by atoms with Crippen LogP contribution in [0.2, 0.25) is 0 Å². The first-order chi connectivity index (χ1) is 10.1. The summed E-state index contributed by atoms with van der Waals surface area (Å²) in [6, 6.07) is 9.10. The van der Waals surface area contributed by atoms with Crippen LogP contribution in [0.25, 0.3) is 0 Å². The summed E-state index contributed by atoms with van der Waals surface area (Å²) in [6.45, 7) is 7.00. The fourth-order valence-corrected chi connectivity index (χ4v) is 3.70. The Labute approximate surface area is 127 Å².